The van der Waals surface area contributed by atoms with Crippen LogP contribution in [0.2, 0.25) is 0 Å². The average molecular weight is 311 g/mol. The summed E-state index contributed by atoms with van der Waals surface area (Å²) in [4.78, 5) is 19.3. The van der Waals surface area contributed by atoms with Crippen LogP contribution in [-0.2, 0) is 7.05 Å². The number of amides is 1. The van der Waals surface area contributed by atoms with Gasteiger partial charge < -0.3 is 9.47 Å². The smallest absolute Gasteiger partial charge is 0.273 e. The van der Waals surface area contributed by atoms with Gasteiger partial charge in [0.1, 0.15) is 22.7 Å². The zero-order chi connectivity index (χ0) is 16.0. The maximum atomic E-state index is 12.9. The molecule has 3 aromatic heterocycles. The summed E-state index contributed by atoms with van der Waals surface area (Å²) in [5.41, 5.74) is 2.75. The lowest BCUT2D eigenvalue weighted by atomic mass is 10.1. The lowest BCUT2D eigenvalue weighted by Gasteiger charge is -2.22. The molecule has 0 saturated carbocycles. The maximum Gasteiger partial charge on any atom is 0.273 e. The van der Waals surface area contributed by atoms with Crippen LogP contribution in [0.1, 0.15) is 40.8 Å². The van der Waals surface area contributed by atoms with E-state index >= 15 is 0 Å². The molecule has 1 aliphatic heterocycles. The van der Waals surface area contributed by atoms with Gasteiger partial charge in [-0.2, -0.15) is 0 Å². The van der Waals surface area contributed by atoms with Crippen molar-refractivity contribution in [1.29, 1.82) is 0 Å². The fourth-order valence-corrected chi connectivity index (χ4v) is 3.24. The molecule has 7 nitrogen and oxygen atoms in total. The first kappa shape index (κ1) is 13.9. The Hall–Kier alpha value is -2.70. The molecule has 1 atom stereocenters. The van der Waals surface area contributed by atoms with E-state index in [1.807, 2.05) is 41.8 Å². The number of hydrogen-bond acceptors (Lipinski definition) is 5. The van der Waals surface area contributed by atoms with E-state index in [0.717, 1.165) is 35.3 Å². The molecule has 1 amide bonds. The van der Waals surface area contributed by atoms with Gasteiger partial charge in [-0.1, -0.05) is 10.3 Å². The molecule has 0 spiro atoms. The summed E-state index contributed by atoms with van der Waals surface area (Å²) >= 11 is 0. The van der Waals surface area contributed by atoms with E-state index in [4.69, 9.17) is 4.63 Å². The van der Waals surface area contributed by atoms with E-state index in [9.17, 15) is 4.79 Å². The second kappa shape index (κ2) is 5.19. The van der Waals surface area contributed by atoms with Gasteiger partial charge in [-0.05, 0) is 38.0 Å². The van der Waals surface area contributed by atoms with Gasteiger partial charge in [0.15, 0.2) is 0 Å². The van der Waals surface area contributed by atoms with Gasteiger partial charge in [0.2, 0.25) is 0 Å². The first-order chi connectivity index (χ1) is 11.1. The second-order valence-corrected chi connectivity index (χ2v) is 5.93. The minimum atomic E-state index is -0.0836. The molecule has 0 aromatic carbocycles. The van der Waals surface area contributed by atoms with Crippen LogP contribution in [0.4, 0.5) is 0 Å². The van der Waals surface area contributed by atoms with Crippen LogP contribution in [0.15, 0.2) is 29.0 Å². The van der Waals surface area contributed by atoms with Crippen molar-refractivity contribution in [2.24, 2.45) is 7.05 Å². The highest BCUT2D eigenvalue weighted by atomic mass is 16.6. The molecule has 7 heteroatoms. The molecule has 4 rings (SSSR count). The van der Waals surface area contributed by atoms with Gasteiger partial charge in [-0.3, -0.25) is 4.79 Å². The van der Waals surface area contributed by atoms with Crippen molar-refractivity contribution in [2.75, 3.05) is 6.54 Å². The van der Waals surface area contributed by atoms with Crippen molar-refractivity contribution in [3.05, 3.63) is 41.5 Å². The number of fused-ring (bicyclic) bond motifs is 1. The van der Waals surface area contributed by atoms with Crippen molar-refractivity contribution in [3.63, 3.8) is 0 Å². The molecular formula is C16H17N5O2. The molecule has 0 aliphatic carbocycles. The third-order valence-electron chi connectivity index (χ3n) is 4.45. The van der Waals surface area contributed by atoms with Gasteiger partial charge in [0.25, 0.3) is 5.91 Å². The highest BCUT2D eigenvalue weighted by Crippen LogP contribution is 2.33. The Bertz CT molecular complexity index is 882. The van der Waals surface area contributed by atoms with Crippen LogP contribution < -0.4 is 0 Å². The Morgan fingerprint density at radius 2 is 2.17 bits per heavy atom. The van der Waals surface area contributed by atoms with Crippen molar-refractivity contribution in [2.45, 2.75) is 25.8 Å². The Morgan fingerprint density at radius 1 is 1.30 bits per heavy atom. The van der Waals surface area contributed by atoms with E-state index in [2.05, 4.69) is 15.3 Å². The zero-order valence-electron chi connectivity index (χ0n) is 13.1. The molecule has 23 heavy (non-hydrogen) atoms. The molecule has 0 bridgehead atoms. The Labute approximate surface area is 132 Å². The summed E-state index contributed by atoms with van der Waals surface area (Å²) in [6.07, 6.45) is 3.75. The zero-order valence-corrected chi connectivity index (χ0v) is 13.1. The highest BCUT2D eigenvalue weighted by Gasteiger charge is 2.34. The van der Waals surface area contributed by atoms with Crippen LogP contribution >= 0.6 is 0 Å². The van der Waals surface area contributed by atoms with Gasteiger partial charge in [0, 0.05) is 25.2 Å². The SMILES string of the molecule is Cc1nonc1C1CCCN1C(=O)c1ccc2ccn(C)c2n1. The molecule has 1 fully saturated rings. The average Bonchev–Trinajstić information content (AvgIpc) is 3.26. The molecule has 0 radical (unpaired) electrons. The van der Waals surface area contributed by atoms with Crippen LogP contribution in [0.5, 0.6) is 0 Å². The number of carbonyl (C=O) groups excluding carboxylic acids is 1. The Balaban J connectivity index is 1.69. The van der Waals surface area contributed by atoms with E-state index in [0.29, 0.717) is 12.2 Å². The van der Waals surface area contributed by atoms with Crippen molar-refractivity contribution in [3.8, 4) is 0 Å². The quantitative estimate of drug-likeness (QED) is 0.725. The summed E-state index contributed by atoms with van der Waals surface area (Å²) in [6, 6.07) is 5.62. The predicted molar refractivity (Wildman–Crippen MR) is 82.8 cm³/mol. The van der Waals surface area contributed by atoms with E-state index < -0.39 is 0 Å². The first-order valence-electron chi connectivity index (χ1n) is 7.67. The predicted octanol–water partition coefficient (Wildman–Crippen LogP) is 2.24. The van der Waals surface area contributed by atoms with Gasteiger partial charge in [-0.25, -0.2) is 9.61 Å². The van der Waals surface area contributed by atoms with Crippen molar-refractivity contribution < 1.29 is 9.42 Å². The van der Waals surface area contributed by atoms with Crippen molar-refractivity contribution >= 4 is 16.9 Å². The van der Waals surface area contributed by atoms with Crippen LogP contribution in [0.25, 0.3) is 11.0 Å². The van der Waals surface area contributed by atoms with E-state index in [1.165, 1.54) is 0 Å². The fourth-order valence-electron chi connectivity index (χ4n) is 3.24. The lowest BCUT2D eigenvalue weighted by Crippen LogP contribution is -2.31. The molecule has 1 unspecified atom stereocenters. The number of likely N-dealkylation sites (tertiary alicyclic amines) is 1. The molecule has 118 valence electrons. The Kier molecular flexibility index (Phi) is 3.14. The van der Waals surface area contributed by atoms with Crippen LogP contribution in [0.3, 0.4) is 0 Å². The van der Waals surface area contributed by atoms with Crippen molar-refractivity contribution in [1.82, 2.24) is 24.8 Å². The standard InChI is InChI=1S/C16H17N5O2/c1-10-14(19-23-18-10)13-4-3-8-21(13)16(22)12-6-5-11-7-9-20(2)15(11)17-12/h5-7,9,13H,3-4,8H2,1-2H3. The number of hydrogen-bond donors (Lipinski definition) is 0. The minimum absolute atomic E-state index is 0.0713. The summed E-state index contributed by atoms with van der Waals surface area (Å²) < 4.78 is 6.71. The number of carbonyl (C=O) groups is 1. The molecule has 4 heterocycles. The summed E-state index contributed by atoms with van der Waals surface area (Å²) in [5.74, 6) is -0.0713. The molecule has 0 N–H and O–H groups in total. The normalized spacial score (nSPS) is 18.0. The Morgan fingerprint density at radius 3 is 2.96 bits per heavy atom. The summed E-state index contributed by atoms with van der Waals surface area (Å²) in [6.45, 7) is 2.55. The topological polar surface area (TPSA) is 77.0 Å². The number of aryl methyl sites for hydroxylation is 2. The number of nitrogens with zero attached hydrogens (tertiary/aromatic N) is 5. The van der Waals surface area contributed by atoms with E-state index in [1.54, 1.807) is 6.07 Å². The first-order valence-corrected chi connectivity index (χ1v) is 7.67. The molecule has 3 aromatic rings. The number of pyridine rings is 1. The third-order valence-corrected chi connectivity index (χ3v) is 4.45. The summed E-state index contributed by atoms with van der Waals surface area (Å²) in [5, 5.41) is 8.83. The lowest BCUT2D eigenvalue weighted by molar-refractivity contribution is 0.0724. The largest absolute Gasteiger partial charge is 0.336 e. The third kappa shape index (κ3) is 2.19. The highest BCUT2D eigenvalue weighted by molar-refractivity contribution is 5.95. The van der Waals surface area contributed by atoms with Gasteiger partial charge in [0.05, 0.1) is 6.04 Å². The second-order valence-electron chi connectivity index (χ2n) is 5.93. The number of aromatic nitrogens is 4. The van der Waals surface area contributed by atoms with Gasteiger partial charge >= 0.3 is 0 Å². The molecular weight excluding hydrogens is 294 g/mol. The monoisotopic (exact) mass is 311 g/mol. The van der Waals surface area contributed by atoms with Crippen LogP contribution in [-0.4, -0.2) is 37.2 Å². The fraction of sp³-hybridized carbons (Fsp3) is 0.375. The van der Waals surface area contributed by atoms with Crippen LogP contribution in [0, 0.1) is 6.92 Å². The summed E-state index contributed by atoms with van der Waals surface area (Å²) in [7, 11) is 1.92. The minimum Gasteiger partial charge on any atom is -0.336 e. The van der Waals surface area contributed by atoms with E-state index in [-0.39, 0.29) is 11.9 Å². The molecule has 1 aliphatic rings. The maximum absolute atomic E-state index is 12.9. The number of rotatable bonds is 2. The van der Waals surface area contributed by atoms with Gasteiger partial charge in [-0.15, -0.1) is 0 Å². The molecule has 1 saturated heterocycles.